The molecule has 10 rings (SSSR count). The van der Waals surface area contributed by atoms with Crippen LogP contribution >= 0.6 is 0 Å². The van der Waals surface area contributed by atoms with Gasteiger partial charge in [0.25, 0.3) is 0 Å². The molecule has 0 aliphatic rings. The second-order valence-corrected chi connectivity index (χ2v) is 12.4. The standard InChI is InChI=1S/C45H27N3O/c1-2-12-30(13-3-1)43-46-44(34-23-21-31-26-33(22-20-32(31)27-34)36-17-8-14-28-10-4-6-15-35(28)36)48-45(47-43)39-19-9-18-38-41-37-16-7-5-11-29(37)24-25-40(41)49-42(38)39/h1-27H. The lowest BCUT2D eigenvalue weighted by Crippen LogP contribution is -2.00. The first-order chi connectivity index (χ1) is 24.3. The summed E-state index contributed by atoms with van der Waals surface area (Å²) in [5, 5.41) is 9.25. The Morgan fingerprint density at radius 3 is 1.76 bits per heavy atom. The fourth-order valence-electron chi connectivity index (χ4n) is 7.12. The van der Waals surface area contributed by atoms with Gasteiger partial charge in [-0.3, -0.25) is 0 Å². The molecule has 0 saturated heterocycles. The van der Waals surface area contributed by atoms with Crippen LogP contribution < -0.4 is 0 Å². The number of para-hydroxylation sites is 1. The van der Waals surface area contributed by atoms with E-state index in [0.29, 0.717) is 17.5 Å². The molecule has 0 spiro atoms. The van der Waals surface area contributed by atoms with Gasteiger partial charge in [0, 0.05) is 21.9 Å². The Hall–Kier alpha value is -6.65. The summed E-state index contributed by atoms with van der Waals surface area (Å²) in [7, 11) is 0. The molecule has 4 heteroatoms. The molecule has 0 aliphatic heterocycles. The van der Waals surface area contributed by atoms with Crippen molar-refractivity contribution in [3.63, 3.8) is 0 Å². The summed E-state index contributed by atoms with van der Waals surface area (Å²) >= 11 is 0. The number of furan rings is 1. The lowest BCUT2D eigenvalue weighted by atomic mass is 9.96. The van der Waals surface area contributed by atoms with Gasteiger partial charge in [0.2, 0.25) is 0 Å². The predicted octanol–water partition coefficient (Wildman–Crippen LogP) is 11.9. The molecule has 0 unspecified atom stereocenters. The first kappa shape index (κ1) is 27.5. The zero-order valence-electron chi connectivity index (χ0n) is 26.3. The quantitative estimate of drug-likeness (QED) is 0.195. The summed E-state index contributed by atoms with van der Waals surface area (Å²) in [5.74, 6) is 1.80. The predicted molar refractivity (Wildman–Crippen MR) is 201 cm³/mol. The normalized spacial score (nSPS) is 11.7. The second-order valence-electron chi connectivity index (χ2n) is 12.4. The highest BCUT2D eigenvalue weighted by Gasteiger charge is 2.19. The lowest BCUT2D eigenvalue weighted by molar-refractivity contribution is 0.670. The molecule has 2 aromatic heterocycles. The summed E-state index contributed by atoms with van der Waals surface area (Å²) in [6.07, 6.45) is 0. The van der Waals surface area contributed by atoms with Gasteiger partial charge in [-0.15, -0.1) is 0 Å². The number of benzene rings is 8. The van der Waals surface area contributed by atoms with Crippen LogP contribution in [0.5, 0.6) is 0 Å². The molecule has 0 saturated carbocycles. The third-order valence-corrected chi connectivity index (χ3v) is 9.49. The zero-order valence-corrected chi connectivity index (χ0v) is 26.3. The molecular formula is C45H27N3O. The van der Waals surface area contributed by atoms with Gasteiger partial charge < -0.3 is 4.42 Å². The van der Waals surface area contributed by atoms with Crippen molar-refractivity contribution in [1.29, 1.82) is 0 Å². The fourth-order valence-corrected chi connectivity index (χ4v) is 7.12. The Morgan fingerprint density at radius 1 is 0.347 bits per heavy atom. The Kier molecular flexibility index (Phi) is 6.15. The highest BCUT2D eigenvalue weighted by Crippen LogP contribution is 2.39. The average molecular weight is 626 g/mol. The molecule has 0 N–H and O–H groups in total. The van der Waals surface area contributed by atoms with Crippen LogP contribution in [-0.4, -0.2) is 15.0 Å². The van der Waals surface area contributed by atoms with Gasteiger partial charge in [0.05, 0.1) is 5.56 Å². The van der Waals surface area contributed by atoms with Gasteiger partial charge >= 0.3 is 0 Å². The van der Waals surface area contributed by atoms with Crippen LogP contribution in [0.25, 0.3) is 99.5 Å². The summed E-state index contributed by atoms with van der Waals surface area (Å²) in [5.41, 5.74) is 6.72. The van der Waals surface area contributed by atoms with Crippen molar-refractivity contribution in [1.82, 2.24) is 15.0 Å². The van der Waals surface area contributed by atoms with Crippen molar-refractivity contribution >= 4 is 54.3 Å². The van der Waals surface area contributed by atoms with E-state index in [4.69, 9.17) is 19.4 Å². The van der Waals surface area contributed by atoms with Crippen molar-refractivity contribution in [2.24, 2.45) is 0 Å². The highest BCUT2D eigenvalue weighted by molar-refractivity contribution is 6.20. The van der Waals surface area contributed by atoms with Crippen molar-refractivity contribution in [3.05, 3.63) is 164 Å². The third kappa shape index (κ3) is 4.57. The maximum Gasteiger partial charge on any atom is 0.167 e. The van der Waals surface area contributed by atoms with Crippen LogP contribution in [-0.2, 0) is 0 Å². The molecule has 2 heterocycles. The number of hydrogen-bond donors (Lipinski definition) is 0. The van der Waals surface area contributed by atoms with Gasteiger partial charge in [-0.25, -0.2) is 15.0 Å². The molecule has 10 aromatic rings. The summed E-state index contributed by atoms with van der Waals surface area (Å²) in [4.78, 5) is 15.2. The van der Waals surface area contributed by atoms with E-state index < -0.39 is 0 Å². The minimum Gasteiger partial charge on any atom is -0.455 e. The molecular weight excluding hydrogens is 599 g/mol. The Bertz CT molecular complexity index is 2890. The van der Waals surface area contributed by atoms with Gasteiger partial charge in [-0.2, -0.15) is 0 Å². The Morgan fingerprint density at radius 2 is 0.918 bits per heavy atom. The first-order valence-electron chi connectivity index (χ1n) is 16.4. The smallest absolute Gasteiger partial charge is 0.167 e. The van der Waals surface area contributed by atoms with Crippen LogP contribution in [0.15, 0.2) is 168 Å². The highest BCUT2D eigenvalue weighted by atomic mass is 16.3. The number of rotatable bonds is 4. The van der Waals surface area contributed by atoms with E-state index in [1.54, 1.807) is 0 Å². The Balaban J connectivity index is 1.14. The van der Waals surface area contributed by atoms with Gasteiger partial charge in [-0.05, 0) is 67.7 Å². The van der Waals surface area contributed by atoms with Crippen molar-refractivity contribution in [2.75, 3.05) is 0 Å². The molecule has 0 atom stereocenters. The summed E-state index contributed by atoms with van der Waals surface area (Å²) < 4.78 is 6.57. The largest absolute Gasteiger partial charge is 0.455 e. The maximum absolute atomic E-state index is 6.57. The van der Waals surface area contributed by atoms with E-state index in [0.717, 1.165) is 54.8 Å². The number of fused-ring (bicyclic) bond motifs is 7. The SMILES string of the molecule is c1ccc(-c2nc(-c3ccc4cc(-c5cccc6ccccc56)ccc4c3)nc(-c3cccc4c3oc3ccc5ccccc5c34)n2)cc1. The third-order valence-electron chi connectivity index (χ3n) is 9.49. The van der Waals surface area contributed by atoms with E-state index >= 15 is 0 Å². The number of aromatic nitrogens is 3. The fraction of sp³-hybridized carbons (Fsp3) is 0. The van der Waals surface area contributed by atoms with Crippen molar-refractivity contribution in [2.45, 2.75) is 0 Å². The molecule has 8 aromatic carbocycles. The van der Waals surface area contributed by atoms with Crippen LogP contribution in [0.1, 0.15) is 0 Å². The van der Waals surface area contributed by atoms with E-state index in [1.165, 1.54) is 27.3 Å². The van der Waals surface area contributed by atoms with Crippen molar-refractivity contribution < 1.29 is 4.42 Å². The topological polar surface area (TPSA) is 51.8 Å². The van der Waals surface area contributed by atoms with E-state index in [-0.39, 0.29) is 0 Å². The summed E-state index contributed by atoms with van der Waals surface area (Å²) in [6, 6.07) is 57.0. The first-order valence-corrected chi connectivity index (χ1v) is 16.4. The van der Waals surface area contributed by atoms with Crippen molar-refractivity contribution in [3.8, 4) is 45.3 Å². The molecule has 228 valence electrons. The zero-order chi connectivity index (χ0) is 32.3. The molecule has 0 bridgehead atoms. The minimum atomic E-state index is 0.573. The van der Waals surface area contributed by atoms with Crippen LogP contribution in [0.4, 0.5) is 0 Å². The lowest BCUT2D eigenvalue weighted by Gasteiger charge is -2.11. The van der Waals surface area contributed by atoms with Gasteiger partial charge in [0.15, 0.2) is 17.5 Å². The van der Waals surface area contributed by atoms with E-state index in [9.17, 15) is 0 Å². The van der Waals surface area contributed by atoms with Crippen LogP contribution in [0.2, 0.25) is 0 Å². The Labute approximate surface area is 282 Å². The molecule has 49 heavy (non-hydrogen) atoms. The van der Waals surface area contributed by atoms with Crippen LogP contribution in [0.3, 0.4) is 0 Å². The average Bonchev–Trinajstić information content (AvgIpc) is 3.57. The monoisotopic (exact) mass is 625 g/mol. The van der Waals surface area contributed by atoms with E-state index in [1.807, 2.05) is 36.4 Å². The summed E-state index contributed by atoms with van der Waals surface area (Å²) in [6.45, 7) is 0. The molecule has 0 aliphatic carbocycles. The van der Waals surface area contributed by atoms with E-state index in [2.05, 4.69) is 127 Å². The number of nitrogens with zero attached hydrogens (tertiary/aromatic N) is 3. The molecule has 0 radical (unpaired) electrons. The second kappa shape index (κ2) is 11.0. The molecule has 0 fully saturated rings. The molecule has 0 amide bonds. The van der Waals surface area contributed by atoms with Crippen LogP contribution in [0, 0.1) is 0 Å². The number of hydrogen-bond acceptors (Lipinski definition) is 4. The maximum atomic E-state index is 6.57. The van der Waals surface area contributed by atoms with Gasteiger partial charge in [-0.1, -0.05) is 140 Å². The van der Waals surface area contributed by atoms with Gasteiger partial charge in [0.1, 0.15) is 11.2 Å². The minimum absolute atomic E-state index is 0.573. The molecule has 4 nitrogen and oxygen atoms in total.